The Morgan fingerprint density at radius 1 is 0.683 bits per heavy atom. The molecule has 3 saturated heterocycles. The smallest absolute Gasteiger partial charge is 0.330 e. The Labute approximate surface area is 731 Å². The number of amides is 7. The second-order valence-corrected chi connectivity index (χ2v) is 33.9. The number of ether oxygens (including phenoxy) is 8. The third-order valence-electron chi connectivity index (χ3n) is 22.3. The number of carbonyl (C=O) groups is 8. The van der Waals surface area contributed by atoms with Crippen LogP contribution in [0.4, 0.5) is 0 Å². The fourth-order valence-corrected chi connectivity index (χ4v) is 17.1. The van der Waals surface area contributed by atoms with Crippen molar-refractivity contribution in [2.45, 2.75) is 193 Å². The SMILES string of the molecule is CN[C@H](CC(C)C)C(=O)N[C@H]1C(=O)N[C@@H](CC(N)=O)C(=O)N[C@H]2C(=O)N[C@H]3C(=O)N[C@H](C(=O)N[C@@H](C(=O)O)c4cc(O)cc(O)c4-c4cc3ccc4O)[C@H](O[C@H]3C[C@](C)(N)[C@@H](O)[C@H](C)O3)c3ccc(c(Cl)c3)Oc3cc2cc(c3O[C@@H]2O[C@H](CO)[C@@H](O[C@@H]3O[C@H](CNCc4ccc(-c5ccc(C#N)cc5)s4)[C@H](O)[C@H](O)[C@H]3O)[C@H](O)[C@H]2O)Oc2ccc(cc2Cl)[C@H]1O. The average molecular weight is 1810 g/mol. The van der Waals surface area contributed by atoms with Crippen molar-refractivity contribution in [3.8, 4) is 73.6 Å². The summed E-state index contributed by atoms with van der Waals surface area (Å²) in [6.07, 6.45) is -29.2. The number of aliphatic hydroxyl groups excluding tert-OH is 8. The van der Waals surface area contributed by atoms with Crippen LogP contribution in [-0.2, 0) is 68.6 Å². The molecule has 8 aliphatic rings. The van der Waals surface area contributed by atoms with Gasteiger partial charge in [0, 0.05) is 57.6 Å². The number of benzene rings is 6. The van der Waals surface area contributed by atoms with Crippen LogP contribution in [-0.4, -0.2) is 238 Å². The largest absolute Gasteiger partial charge is 0.508 e. The van der Waals surface area contributed by atoms with Gasteiger partial charge in [-0.3, -0.25) is 33.6 Å². The molecule has 24 N–H and O–H groups in total. The van der Waals surface area contributed by atoms with Gasteiger partial charge in [-0.1, -0.05) is 67.4 Å². The highest BCUT2D eigenvalue weighted by Crippen LogP contribution is 2.51. The first kappa shape index (κ1) is 92.7. The van der Waals surface area contributed by atoms with Gasteiger partial charge in [0.2, 0.25) is 53.4 Å². The number of primary amides is 1. The van der Waals surface area contributed by atoms with Crippen LogP contribution < -0.4 is 68.2 Å². The van der Waals surface area contributed by atoms with E-state index >= 15 is 24.0 Å². The molecule has 15 rings (SSSR count). The van der Waals surface area contributed by atoms with Crippen LogP contribution in [0.3, 0.4) is 0 Å². The van der Waals surface area contributed by atoms with Crippen molar-refractivity contribution in [2.24, 2.45) is 17.4 Å². The minimum Gasteiger partial charge on any atom is -0.508 e. The molecule has 9 heterocycles. The quantitative estimate of drug-likeness (QED) is 0.0512. The zero-order chi connectivity index (χ0) is 90.9. The first-order valence-corrected chi connectivity index (χ1v) is 41.3. The molecule has 3 fully saturated rings. The van der Waals surface area contributed by atoms with E-state index in [1.807, 2.05) is 12.1 Å². The highest BCUT2D eigenvalue weighted by Gasteiger charge is 2.53. The fourth-order valence-electron chi connectivity index (χ4n) is 15.7. The lowest BCUT2D eigenvalue weighted by Crippen LogP contribution is -2.65. The Morgan fingerprint density at radius 2 is 1.32 bits per heavy atom. The minimum atomic E-state index is -2.43. The maximum atomic E-state index is 16.4. The number of carbonyl (C=O) groups excluding carboxylic acids is 7. The molecular formula is C84H93Cl2N11O28S. The van der Waals surface area contributed by atoms with Crippen molar-refractivity contribution in [3.05, 3.63) is 164 Å². The number of aromatic hydroxyl groups is 3. The predicted molar refractivity (Wildman–Crippen MR) is 441 cm³/mol. The maximum absolute atomic E-state index is 16.4. The normalized spacial score (nSPS) is 29.6. The van der Waals surface area contributed by atoms with Gasteiger partial charge in [-0.25, -0.2) is 4.79 Å². The molecule has 0 saturated carbocycles. The number of aliphatic hydroxyl groups is 8. The summed E-state index contributed by atoms with van der Waals surface area (Å²) in [4.78, 5) is 122. The second-order valence-electron chi connectivity index (χ2n) is 31.9. The van der Waals surface area contributed by atoms with Crippen molar-refractivity contribution >= 4 is 81.9 Å². The van der Waals surface area contributed by atoms with Crippen molar-refractivity contribution in [1.82, 2.24) is 42.5 Å². The van der Waals surface area contributed by atoms with Crippen molar-refractivity contribution in [2.75, 3.05) is 20.2 Å². The van der Waals surface area contributed by atoms with Gasteiger partial charge < -0.3 is 153 Å². The summed E-state index contributed by atoms with van der Waals surface area (Å²) < 4.78 is 51.2. The summed E-state index contributed by atoms with van der Waals surface area (Å²) in [6.45, 7) is 5.44. The molecule has 126 heavy (non-hydrogen) atoms. The number of halogens is 2. The molecule has 39 nitrogen and oxygen atoms in total. The number of hydrogen-bond donors (Lipinski definition) is 22. The number of carboxylic acids is 1. The number of fused-ring (bicyclic) bond motifs is 15. The summed E-state index contributed by atoms with van der Waals surface area (Å²) in [5.74, 6) is -16.7. The first-order chi connectivity index (χ1) is 59.8. The number of nitrogens with zero attached hydrogens (tertiary/aromatic N) is 1. The van der Waals surface area contributed by atoms with Crippen LogP contribution in [0.15, 0.2) is 115 Å². The van der Waals surface area contributed by atoms with E-state index < -0.39 is 284 Å². The summed E-state index contributed by atoms with van der Waals surface area (Å²) >= 11 is 15.9. The Kier molecular flexibility index (Phi) is 28.5. The van der Waals surface area contributed by atoms with Gasteiger partial charge in [-0.15, -0.1) is 11.3 Å². The molecule has 0 radical (unpaired) electrons. The first-order valence-electron chi connectivity index (χ1n) is 39.7. The van der Waals surface area contributed by atoms with Crippen LogP contribution >= 0.6 is 34.5 Å². The molecule has 23 atom stereocenters. The molecule has 0 spiro atoms. The topological polar surface area (TPSA) is 625 Å². The standard InChI is InChI=1S/C84H93Cl2N11O28S/c1-32(2)18-46(90-5)75(110)96-63-65(103)37-11-15-50(44(85)20-37)119-52-22-39-23-53(72(52)124-83-70(108)68(106)73(55(31-98)122-83)125-82-69(107)67(105)66(104)54(121-82)30-91-29-41-13-17-56(126-41)35-8-6-34(28-87)7-9-35)120-51-16-12-38(21-45(51)86)71(123-58-27-84(4,89)74(109)33(3)118-58)64-80(115)95-62(81(116)117)43-24-40(99)25-49(101)59(43)42-19-36(10-14-48(42)100)60(77(112)97-64)94-78(113)61(39)93-76(111)47(26-57(88)102)92-79(63)114/h6-17,19-25,32-33,46-47,54-55,58,60-71,73-74,82-83,90-91,98-101,103-109H,18,26-27,29-31,89H2,1-5H3,(H2,88,102)(H,92,114)(H,93,111)(H,94,113)(H,95,115)(H,96,110)(H,97,112)(H,116,117)/t33-,46+,47-,54+,55+,58-,60+,61+,62+,63+,64-,65+,66-,67-,68+,69+,70+,71+,73+,74-,82-,83-,84-/m0/s1. The molecule has 7 amide bonds. The molecule has 6 aromatic carbocycles. The van der Waals surface area contributed by atoms with Crippen LogP contribution in [0.25, 0.3) is 21.6 Å². The van der Waals surface area contributed by atoms with E-state index in [1.54, 1.807) is 38.1 Å². The summed E-state index contributed by atoms with van der Waals surface area (Å²) in [7, 11) is 1.46. The van der Waals surface area contributed by atoms with E-state index in [2.05, 4.69) is 48.6 Å². The number of phenols is 3. The van der Waals surface area contributed by atoms with E-state index in [4.69, 9.17) is 72.6 Å². The van der Waals surface area contributed by atoms with E-state index in [1.165, 1.54) is 44.4 Å². The lowest BCUT2D eigenvalue weighted by Gasteiger charge is -2.46. The summed E-state index contributed by atoms with van der Waals surface area (Å²) in [6, 6.07) is 11.7. The molecular weight excluding hydrogens is 1710 g/mol. The number of nitrogens with one attached hydrogen (secondary N) is 8. The monoisotopic (exact) mass is 1810 g/mol. The van der Waals surface area contributed by atoms with Crippen LogP contribution in [0.5, 0.6) is 46.0 Å². The number of carboxylic acid groups (broad SMARTS) is 1. The maximum Gasteiger partial charge on any atom is 0.330 e. The molecule has 7 aromatic rings. The number of aliphatic carboxylic acids is 1. The van der Waals surface area contributed by atoms with Gasteiger partial charge in [0.25, 0.3) is 0 Å². The average Bonchev–Trinajstić information content (AvgIpc) is 0.853. The lowest BCUT2D eigenvalue weighted by molar-refractivity contribution is -0.350. The zero-order valence-corrected chi connectivity index (χ0v) is 70.0. The van der Waals surface area contributed by atoms with Gasteiger partial charge in [0.15, 0.2) is 30.1 Å². The predicted octanol–water partition coefficient (Wildman–Crippen LogP) is 1.33. The van der Waals surface area contributed by atoms with Crippen molar-refractivity contribution in [3.63, 3.8) is 0 Å². The van der Waals surface area contributed by atoms with E-state index in [0.717, 1.165) is 82.0 Å². The molecule has 0 unspecified atom stereocenters. The minimum absolute atomic E-state index is 0.132. The highest BCUT2D eigenvalue weighted by atomic mass is 35.5. The van der Waals surface area contributed by atoms with E-state index in [0.29, 0.717) is 5.56 Å². The summed E-state index contributed by atoms with van der Waals surface area (Å²) in [5, 5.41) is 169. The van der Waals surface area contributed by atoms with Crippen molar-refractivity contribution in [1.29, 1.82) is 5.26 Å². The number of likely N-dealkylation sites (N-methyl/N-ethyl adjacent to an activating group) is 1. The van der Waals surface area contributed by atoms with Crippen LogP contribution in [0.2, 0.25) is 10.0 Å². The zero-order valence-electron chi connectivity index (χ0n) is 67.7. The third-order valence-corrected chi connectivity index (χ3v) is 24.0. The van der Waals surface area contributed by atoms with Crippen LogP contribution in [0, 0.1) is 17.2 Å². The molecule has 11 bridgehead atoms. The third kappa shape index (κ3) is 20.0. The van der Waals surface area contributed by atoms with Gasteiger partial charge in [0.05, 0.1) is 53.0 Å². The number of rotatable bonds is 20. The number of hydrogen-bond acceptors (Lipinski definition) is 32. The Bertz CT molecular complexity index is 5340. The van der Waals surface area contributed by atoms with Gasteiger partial charge >= 0.3 is 5.97 Å². The van der Waals surface area contributed by atoms with Gasteiger partial charge in [0.1, 0.15) is 120 Å². The summed E-state index contributed by atoms with van der Waals surface area (Å²) in [5.41, 5.74) is 9.30. The van der Waals surface area contributed by atoms with E-state index in [-0.39, 0.29) is 43.0 Å². The Morgan fingerprint density at radius 3 is 1.95 bits per heavy atom. The van der Waals surface area contributed by atoms with Crippen molar-refractivity contribution < 1.29 is 138 Å². The van der Waals surface area contributed by atoms with E-state index in [9.17, 15) is 80.9 Å². The van der Waals surface area contributed by atoms with Gasteiger partial charge in [-0.2, -0.15) is 5.26 Å². The Balaban J connectivity index is 0.963. The molecule has 0 aliphatic carbocycles. The number of nitrogens with two attached hydrogens (primary N) is 2. The van der Waals surface area contributed by atoms with Crippen LogP contribution in [0.1, 0.15) is 116 Å². The molecule has 672 valence electrons. The molecule has 8 aliphatic heterocycles. The molecule has 42 heteroatoms. The Hall–Kier alpha value is -11.0. The number of phenolic OH excluding ortho intramolecular Hbond substituents is 3. The number of thiophene rings is 1. The van der Waals surface area contributed by atoms with Gasteiger partial charge in [-0.05, 0) is 140 Å². The lowest BCUT2D eigenvalue weighted by atomic mass is 9.86. The molecule has 1 aromatic heterocycles. The second kappa shape index (κ2) is 38.7. The highest BCUT2D eigenvalue weighted by molar-refractivity contribution is 7.15. The number of nitriles is 1. The fraction of sp³-hybridized carbons (Fsp3) is 0.417.